The predicted molar refractivity (Wildman–Crippen MR) is 123 cm³/mol. The number of rotatable bonds is 2. The van der Waals surface area contributed by atoms with E-state index < -0.39 is 0 Å². The van der Waals surface area contributed by atoms with Crippen LogP contribution in [0.15, 0.2) is 97.2 Å². The van der Waals surface area contributed by atoms with Crippen molar-refractivity contribution in [2.24, 2.45) is 0 Å². The highest BCUT2D eigenvalue weighted by molar-refractivity contribution is 7.22. The summed E-state index contributed by atoms with van der Waals surface area (Å²) in [6.07, 6.45) is 1.89. The van der Waals surface area contributed by atoms with Crippen molar-refractivity contribution in [3.63, 3.8) is 0 Å². The summed E-state index contributed by atoms with van der Waals surface area (Å²) in [4.78, 5) is 9.59. The minimum atomic E-state index is 1.02. The summed E-state index contributed by atoms with van der Waals surface area (Å²) in [6.45, 7) is 0. The Balaban J connectivity index is 1.60. The summed E-state index contributed by atoms with van der Waals surface area (Å²) in [5.74, 6) is 0. The first-order valence-corrected chi connectivity index (χ1v) is 10.4. The Hall–Kier alpha value is -3.56. The first-order valence-electron chi connectivity index (χ1n) is 9.60. The van der Waals surface area contributed by atoms with Crippen molar-refractivity contribution in [2.75, 3.05) is 0 Å². The maximum absolute atomic E-state index is 4.89. The van der Waals surface area contributed by atoms with Gasteiger partial charge in [-0.15, -0.1) is 11.3 Å². The fourth-order valence-electron chi connectivity index (χ4n) is 3.91. The second-order valence-corrected chi connectivity index (χ2v) is 8.11. The van der Waals surface area contributed by atoms with E-state index in [1.54, 1.807) is 11.3 Å². The van der Waals surface area contributed by atoms with Crippen LogP contribution in [0.2, 0.25) is 0 Å². The third-order valence-electron chi connectivity index (χ3n) is 5.34. The van der Waals surface area contributed by atoms with E-state index in [1.807, 2.05) is 12.3 Å². The van der Waals surface area contributed by atoms with Crippen molar-refractivity contribution in [3.05, 3.63) is 97.2 Å². The molecular weight excluding hydrogens is 372 g/mol. The molecular formula is C26H16N2S. The van der Waals surface area contributed by atoms with Gasteiger partial charge >= 0.3 is 0 Å². The number of fused-ring (bicyclic) bond motifs is 4. The Labute approximate surface area is 172 Å². The molecule has 2 aromatic heterocycles. The minimum Gasteiger partial charge on any atom is -0.256 e. The largest absolute Gasteiger partial charge is 0.256 e. The zero-order valence-corrected chi connectivity index (χ0v) is 16.4. The van der Waals surface area contributed by atoms with Gasteiger partial charge in [0.2, 0.25) is 0 Å². The quantitative estimate of drug-likeness (QED) is 0.310. The molecule has 0 radical (unpaired) electrons. The summed E-state index contributed by atoms with van der Waals surface area (Å²) >= 11 is 1.76. The van der Waals surface area contributed by atoms with Crippen LogP contribution >= 0.6 is 11.3 Å². The Morgan fingerprint density at radius 3 is 2.34 bits per heavy atom. The minimum absolute atomic E-state index is 1.02. The number of nitrogens with zero attached hydrogens (tertiary/aromatic N) is 2. The van der Waals surface area contributed by atoms with Gasteiger partial charge in [0.15, 0.2) is 0 Å². The van der Waals surface area contributed by atoms with E-state index in [0.29, 0.717) is 0 Å². The molecule has 2 heterocycles. The highest BCUT2D eigenvalue weighted by Crippen LogP contribution is 2.37. The van der Waals surface area contributed by atoms with Crippen LogP contribution in [0.4, 0.5) is 0 Å². The molecule has 0 aliphatic carbocycles. The lowest BCUT2D eigenvalue weighted by atomic mass is 10.0. The van der Waals surface area contributed by atoms with E-state index in [9.17, 15) is 0 Å². The van der Waals surface area contributed by atoms with Crippen LogP contribution in [0, 0.1) is 0 Å². The number of hydrogen-bond acceptors (Lipinski definition) is 3. The molecule has 0 saturated heterocycles. The van der Waals surface area contributed by atoms with E-state index in [4.69, 9.17) is 9.97 Å². The van der Waals surface area contributed by atoms with Crippen molar-refractivity contribution >= 4 is 43.1 Å². The third-order valence-corrected chi connectivity index (χ3v) is 6.49. The number of hydrogen-bond donors (Lipinski definition) is 0. The first kappa shape index (κ1) is 16.4. The summed E-state index contributed by atoms with van der Waals surface area (Å²) in [5.41, 5.74) is 4.37. The number of pyridine rings is 1. The molecule has 0 amide bonds. The zero-order chi connectivity index (χ0) is 19.2. The lowest BCUT2D eigenvalue weighted by Gasteiger charge is -2.07. The Morgan fingerprint density at radius 2 is 1.41 bits per heavy atom. The maximum Gasteiger partial charge on any atom is 0.124 e. The Bertz CT molecular complexity index is 1490. The van der Waals surface area contributed by atoms with Gasteiger partial charge in [0.25, 0.3) is 0 Å². The van der Waals surface area contributed by atoms with Crippen molar-refractivity contribution in [1.29, 1.82) is 0 Å². The fourth-order valence-corrected chi connectivity index (χ4v) is 5.00. The second-order valence-electron chi connectivity index (χ2n) is 7.12. The third kappa shape index (κ3) is 2.71. The van der Waals surface area contributed by atoms with Crippen LogP contribution in [0.5, 0.6) is 0 Å². The Kier molecular flexibility index (Phi) is 3.68. The SMILES string of the molecule is c1ccc(-c2nc3ccc4ccc(-c5nccc6ccccc56)cc4c3s2)cc1. The molecule has 0 fully saturated rings. The van der Waals surface area contributed by atoms with E-state index in [2.05, 4.69) is 84.9 Å². The average Bonchev–Trinajstić information content (AvgIpc) is 3.24. The van der Waals surface area contributed by atoms with E-state index in [-0.39, 0.29) is 0 Å². The Morgan fingerprint density at radius 1 is 0.621 bits per heavy atom. The van der Waals surface area contributed by atoms with E-state index in [1.165, 1.54) is 26.2 Å². The van der Waals surface area contributed by atoms with Gasteiger partial charge in [0.05, 0.1) is 15.9 Å². The van der Waals surface area contributed by atoms with Crippen LogP contribution in [0.25, 0.3) is 53.6 Å². The van der Waals surface area contributed by atoms with Crippen LogP contribution in [-0.2, 0) is 0 Å². The molecule has 136 valence electrons. The average molecular weight is 388 g/mol. The molecule has 6 rings (SSSR count). The molecule has 3 heteroatoms. The van der Waals surface area contributed by atoms with E-state index >= 15 is 0 Å². The molecule has 0 N–H and O–H groups in total. The number of thiazole rings is 1. The normalized spacial score (nSPS) is 11.4. The van der Waals surface area contributed by atoms with Crippen molar-refractivity contribution in [3.8, 4) is 21.8 Å². The molecule has 0 aliphatic heterocycles. The van der Waals surface area contributed by atoms with Gasteiger partial charge < -0.3 is 0 Å². The van der Waals surface area contributed by atoms with Crippen molar-refractivity contribution in [2.45, 2.75) is 0 Å². The van der Waals surface area contributed by atoms with E-state index in [0.717, 1.165) is 27.3 Å². The van der Waals surface area contributed by atoms with Gasteiger partial charge in [0, 0.05) is 28.1 Å². The van der Waals surface area contributed by atoms with Gasteiger partial charge in [-0.25, -0.2) is 4.98 Å². The maximum atomic E-state index is 4.89. The molecule has 0 aliphatic rings. The highest BCUT2D eigenvalue weighted by atomic mass is 32.1. The molecule has 0 saturated carbocycles. The molecule has 2 nitrogen and oxygen atoms in total. The monoisotopic (exact) mass is 388 g/mol. The summed E-state index contributed by atoms with van der Waals surface area (Å²) in [6, 6.07) is 31.8. The van der Waals surface area contributed by atoms with Crippen LogP contribution < -0.4 is 0 Å². The summed E-state index contributed by atoms with van der Waals surface area (Å²) < 4.78 is 1.23. The first-order chi connectivity index (χ1) is 14.4. The summed E-state index contributed by atoms with van der Waals surface area (Å²) in [7, 11) is 0. The summed E-state index contributed by atoms with van der Waals surface area (Å²) in [5, 5.41) is 5.90. The van der Waals surface area contributed by atoms with Gasteiger partial charge in [0.1, 0.15) is 5.01 Å². The predicted octanol–water partition coefficient (Wildman–Crippen LogP) is 7.33. The molecule has 0 unspecified atom stereocenters. The standard InChI is InChI=1S/C26H16N2S/c1-2-7-19(8-3-1)26-28-23-13-12-18-10-11-20(16-22(18)25(23)29-26)24-21-9-5-4-6-17(21)14-15-27-24/h1-16H. The second kappa shape index (κ2) is 6.50. The number of aromatic nitrogens is 2. The lowest BCUT2D eigenvalue weighted by molar-refractivity contribution is 1.36. The zero-order valence-electron chi connectivity index (χ0n) is 15.5. The van der Waals surface area contributed by atoms with Crippen LogP contribution in [0.3, 0.4) is 0 Å². The molecule has 0 bridgehead atoms. The fraction of sp³-hybridized carbons (Fsp3) is 0. The lowest BCUT2D eigenvalue weighted by Crippen LogP contribution is -1.86. The van der Waals surface area contributed by atoms with Gasteiger partial charge in [-0.3, -0.25) is 4.98 Å². The topological polar surface area (TPSA) is 25.8 Å². The van der Waals surface area contributed by atoms with Gasteiger partial charge in [-0.05, 0) is 29.0 Å². The molecule has 6 aromatic rings. The molecule has 0 spiro atoms. The molecule has 4 aromatic carbocycles. The molecule has 0 atom stereocenters. The van der Waals surface area contributed by atoms with Crippen molar-refractivity contribution < 1.29 is 0 Å². The smallest absolute Gasteiger partial charge is 0.124 e. The van der Waals surface area contributed by atoms with Gasteiger partial charge in [-0.2, -0.15) is 0 Å². The molecule has 29 heavy (non-hydrogen) atoms. The highest BCUT2D eigenvalue weighted by Gasteiger charge is 2.11. The number of benzene rings is 4. The van der Waals surface area contributed by atoms with Gasteiger partial charge in [-0.1, -0.05) is 72.8 Å². The van der Waals surface area contributed by atoms with Crippen LogP contribution in [0.1, 0.15) is 0 Å². The van der Waals surface area contributed by atoms with Crippen LogP contribution in [-0.4, -0.2) is 9.97 Å². The van der Waals surface area contributed by atoms with Crippen molar-refractivity contribution in [1.82, 2.24) is 9.97 Å².